The summed E-state index contributed by atoms with van der Waals surface area (Å²) >= 11 is 0. The largest absolute Gasteiger partial charge is 0.504 e. The standard InChI is InChI=1S/C42H44F2N8O5/c1-23(2)31-17-29(57-30-15-28-19-45-40-37(51(28)22-30)18-35(47-48-40)33-13-26(43)14-34(44)39(33)54)6-4-24(31)20-49-9-11-50(12-10-49)27-5-3-25-21-52(42(56)32(25)16-27)36-7-8-38(53)46-41(36)55/h3-6,13-14,16-18,23,28,30,36,54H,7-12,15,19-22H2,1-2H3,(H,45,48)(H,46,53,55)/t28-,30-,36?/m1/s1. The number of anilines is 3. The predicted octanol–water partition coefficient (Wildman–Crippen LogP) is 4.79. The smallest absolute Gasteiger partial charge is 0.255 e. The van der Waals surface area contributed by atoms with Gasteiger partial charge in [0.1, 0.15) is 23.7 Å². The molecule has 296 valence electrons. The van der Waals surface area contributed by atoms with Crippen LogP contribution in [0, 0.1) is 11.6 Å². The number of carbonyl (C=O) groups is 3. The Morgan fingerprint density at radius 1 is 0.947 bits per heavy atom. The predicted molar refractivity (Wildman–Crippen MR) is 208 cm³/mol. The summed E-state index contributed by atoms with van der Waals surface area (Å²) in [5, 5.41) is 24.4. The van der Waals surface area contributed by atoms with E-state index in [1.165, 1.54) is 11.1 Å². The Morgan fingerprint density at radius 3 is 2.56 bits per heavy atom. The molecule has 3 amide bonds. The minimum atomic E-state index is -1.06. The van der Waals surface area contributed by atoms with Crippen molar-refractivity contribution in [3.05, 3.63) is 88.5 Å². The highest BCUT2D eigenvalue weighted by molar-refractivity contribution is 6.05. The zero-order chi connectivity index (χ0) is 39.5. The summed E-state index contributed by atoms with van der Waals surface area (Å²) in [6.45, 7) is 10.1. The molecule has 5 aliphatic heterocycles. The van der Waals surface area contributed by atoms with Gasteiger partial charge in [-0.3, -0.25) is 24.6 Å². The monoisotopic (exact) mass is 778 g/mol. The molecule has 1 unspecified atom stereocenters. The van der Waals surface area contributed by atoms with Crippen LogP contribution in [-0.2, 0) is 22.7 Å². The van der Waals surface area contributed by atoms with Gasteiger partial charge in [-0.05, 0) is 65.4 Å². The van der Waals surface area contributed by atoms with Crippen LogP contribution in [-0.4, -0.2) is 100 Å². The molecule has 3 N–H and O–H groups in total. The van der Waals surface area contributed by atoms with E-state index in [2.05, 4.69) is 67.6 Å². The number of piperidine rings is 1. The average molecular weight is 779 g/mol. The summed E-state index contributed by atoms with van der Waals surface area (Å²) in [6.07, 6.45) is 1.24. The Kier molecular flexibility index (Phi) is 9.42. The molecule has 15 heteroatoms. The first kappa shape index (κ1) is 36.8. The lowest BCUT2D eigenvalue weighted by molar-refractivity contribution is -0.136. The number of ether oxygens (including phenoxy) is 1. The van der Waals surface area contributed by atoms with Crippen LogP contribution in [0.5, 0.6) is 11.5 Å². The molecule has 5 aliphatic rings. The molecule has 3 atom stereocenters. The number of imide groups is 1. The number of piperazine rings is 1. The van der Waals surface area contributed by atoms with Gasteiger partial charge >= 0.3 is 0 Å². The number of carbonyl (C=O) groups excluding carboxylic acids is 3. The molecular formula is C42H44F2N8O5. The van der Waals surface area contributed by atoms with E-state index in [1.54, 1.807) is 11.0 Å². The van der Waals surface area contributed by atoms with Crippen molar-refractivity contribution in [2.75, 3.05) is 54.4 Å². The zero-order valence-corrected chi connectivity index (χ0v) is 31.8. The van der Waals surface area contributed by atoms with Gasteiger partial charge in [-0.2, -0.15) is 0 Å². The fraction of sp³-hybridized carbons (Fsp3) is 0.405. The minimum Gasteiger partial charge on any atom is -0.504 e. The Bertz CT molecular complexity index is 2280. The quantitative estimate of drug-likeness (QED) is 0.213. The number of halogens is 2. The topological polar surface area (TPSA) is 143 Å². The van der Waals surface area contributed by atoms with Gasteiger partial charge in [-0.1, -0.05) is 26.0 Å². The molecule has 0 radical (unpaired) electrons. The van der Waals surface area contributed by atoms with Gasteiger partial charge in [0.05, 0.1) is 24.0 Å². The van der Waals surface area contributed by atoms with Crippen LogP contribution in [0.25, 0.3) is 11.3 Å². The summed E-state index contributed by atoms with van der Waals surface area (Å²) in [7, 11) is 0. The van der Waals surface area contributed by atoms with Crippen LogP contribution in [0.2, 0.25) is 0 Å². The van der Waals surface area contributed by atoms with Gasteiger partial charge in [0.25, 0.3) is 5.91 Å². The number of fused-ring (bicyclic) bond motifs is 4. The summed E-state index contributed by atoms with van der Waals surface area (Å²) in [5.41, 5.74) is 5.87. The molecule has 9 rings (SSSR count). The van der Waals surface area contributed by atoms with Crippen LogP contribution < -0.4 is 25.2 Å². The number of benzene rings is 3. The van der Waals surface area contributed by atoms with Crippen molar-refractivity contribution in [3.8, 4) is 22.8 Å². The molecule has 6 heterocycles. The highest BCUT2D eigenvalue weighted by Gasteiger charge is 2.40. The number of rotatable bonds is 8. The van der Waals surface area contributed by atoms with Crippen LogP contribution >= 0.6 is 0 Å². The van der Waals surface area contributed by atoms with Crippen molar-refractivity contribution in [1.82, 2.24) is 25.3 Å². The third-order valence-electron chi connectivity index (χ3n) is 12.0. The molecule has 0 saturated carbocycles. The maximum absolute atomic E-state index is 14.1. The molecule has 3 saturated heterocycles. The number of nitrogens with zero attached hydrogens (tertiary/aromatic N) is 6. The molecular weight excluding hydrogens is 735 g/mol. The summed E-state index contributed by atoms with van der Waals surface area (Å²) in [6, 6.07) is 15.2. The van der Waals surface area contributed by atoms with Crippen molar-refractivity contribution >= 4 is 34.9 Å². The molecule has 0 bridgehead atoms. The first-order valence-corrected chi connectivity index (χ1v) is 19.6. The Balaban J connectivity index is 0.827. The summed E-state index contributed by atoms with van der Waals surface area (Å²) < 4.78 is 34.8. The Morgan fingerprint density at radius 2 is 1.77 bits per heavy atom. The fourth-order valence-electron chi connectivity index (χ4n) is 8.95. The number of aromatic nitrogens is 2. The van der Waals surface area contributed by atoms with Crippen LogP contribution in [0.3, 0.4) is 0 Å². The van der Waals surface area contributed by atoms with Crippen LogP contribution in [0.1, 0.15) is 66.1 Å². The molecule has 3 aromatic carbocycles. The Hall–Kier alpha value is -5.83. The second-order valence-electron chi connectivity index (χ2n) is 15.9. The van der Waals surface area contributed by atoms with Gasteiger partial charge in [-0.25, -0.2) is 8.78 Å². The third-order valence-corrected chi connectivity index (χ3v) is 12.0. The van der Waals surface area contributed by atoms with Gasteiger partial charge in [0.15, 0.2) is 17.4 Å². The van der Waals surface area contributed by atoms with E-state index in [9.17, 15) is 28.3 Å². The van der Waals surface area contributed by atoms with Crippen molar-refractivity contribution in [2.45, 2.75) is 70.3 Å². The molecule has 0 spiro atoms. The van der Waals surface area contributed by atoms with Crippen molar-refractivity contribution in [2.24, 2.45) is 0 Å². The maximum atomic E-state index is 14.1. The Labute approximate surface area is 328 Å². The first-order valence-electron chi connectivity index (χ1n) is 19.6. The zero-order valence-electron chi connectivity index (χ0n) is 31.8. The molecule has 4 aromatic rings. The van der Waals surface area contributed by atoms with E-state index in [0.29, 0.717) is 43.5 Å². The van der Waals surface area contributed by atoms with Crippen molar-refractivity contribution in [3.63, 3.8) is 0 Å². The van der Waals surface area contributed by atoms with Crippen LogP contribution in [0.15, 0.2) is 54.6 Å². The average Bonchev–Trinajstić information content (AvgIpc) is 3.76. The van der Waals surface area contributed by atoms with E-state index in [4.69, 9.17) is 4.74 Å². The lowest BCUT2D eigenvalue weighted by Crippen LogP contribution is -2.52. The number of amides is 3. The summed E-state index contributed by atoms with van der Waals surface area (Å²) in [5.74, 6) is -1.74. The second kappa shape index (κ2) is 14.6. The van der Waals surface area contributed by atoms with Gasteiger partial charge < -0.3 is 29.9 Å². The molecule has 0 aliphatic carbocycles. The normalized spacial score (nSPS) is 22.0. The highest BCUT2D eigenvalue weighted by Crippen LogP contribution is 2.40. The number of hydrogen-bond acceptors (Lipinski definition) is 11. The summed E-state index contributed by atoms with van der Waals surface area (Å²) in [4.78, 5) is 46.1. The third kappa shape index (κ3) is 6.98. The number of phenols is 1. The number of phenolic OH excluding ortho intramolecular Hbond substituents is 1. The fourth-order valence-corrected chi connectivity index (χ4v) is 8.95. The van der Waals surface area contributed by atoms with E-state index >= 15 is 0 Å². The first-order chi connectivity index (χ1) is 27.5. The van der Waals surface area contributed by atoms with Gasteiger partial charge in [-0.15, -0.1) is 10.2 Å². The van der Waals surface area contributed by atoms with Gasteiger partial charge in [0.2, 0.25) is 11.8 Å². The van der Waals surface area contributed by atoms with Crippen LogP contribution in [0.4, 0.5) is 26.0 Å². The highest BCUT2D eigenvalue weighted by atomic mass is 19.1. The second-order valence-corrected chi connectivity index (χ2v) is 15.9. The number of hydrogen-bond donors (Lipinski definition) is 3. The lowest BCUT2D eigenvalue weighted by atomic mass is 9.96. The minimum absolute atomic E-state index is 0.0570. The molecule has 57 heavy (non-hydrogen) atoms. The number of nitrogens with one attached hydrogen (secondary N) is 2. The number of aromatic hydroxyl groups is 1. The van der Waals surface area contributed by atoms with Gasteiger partial charge in [0, 0.05) is 81.5 Å². The van der Waals surface area contributed by atoms with E-state index in [0.717, 1.165) is 67.9 Å². The van der Waals surface area contributed by atoms with E-state index in [-0.39, 0.29) is 47.6 Å². The molecule has 3 fully saturated rings. The maximum Gasteiger partial charge on any atom is 0.255 e. The van der Waals surface area contributed by atoms with Crippen molar-refractivity contribution in [1.29, 1.82) is 0 Å². The molecule has 13 nitrogen and oxygen atoms in total. The van der Waals surface area contributed by atoms with E-state index < -0.39 is 29.3 Å². The lowest BCUT2D eigenvalue weighted by Gasteiger charge is -2.36. The molecule has 1 aromatic heterocycles. The van der Waals surface area contributed by atoms with E-state index in [1.807, 2.05) is 18.2 Å². The van der Waals surface area contributed by atoms with Crippen molar-refractivity contribution < 1.29 is 33.0 Å². The SMILES string of the molecule is CC(C)c1cc(O[C@@H]2C[C@@H]3CNc4nnc(-c5cc(F)cc(F)c5O)cc4N3C2)ccc1CN1CCN(c2ccc3c(c2)C(=O)N(C2CCC(=O)NC2=O)C3)CC1.